The number of nitrogen functional groups attached to an aromatic ring is 2. The minimum absolute atomic E-state index is 0.224. The van der Waals surface area contributed by atoms with E-state index in [9.17, 15) is 8.42 Å². The maximum atomic E-state index is 12.3. The van der Waals surface area contributed by atoms with Crippen molar-refractivity contribution in [3.63, 3.8) is 0 Å². The molecule has 4 N–H and O–H groups in total. The van der Waals surface area contributed by atoms with Gasteiger partial charge in [0.25, 0.3) is 0 Å². The molecule has 0 saturated heterocycles. The van der Waals surface area contributed by atoms with E-state index < -0.39 is 10.7 Å². The molecule has 5 aromatic rings. The smallest absolute Gasteiger partial charge is 0.168 e. The second-order valence-corrected chi connectivity index (χ2v) is 9.35. The summed E-state index contributed by atoms with van der Waals surface area (Å²) in [6.45, 7) is 0. The van der Waals surface area contributed by atoms with Crippen molar-refractivity contribution < 1.29 is 17.9 Å². The highest BCUT2D eigenvalue weighted by Crippen LogP contribution is 2.39. The number of hydrogen-bond acceptors (Lipinski definition) is 6. The Bertz CT molecular complexity index is 1620. The molecule has 0 bridgehead atoms. The zero-order valence-corrected chi connectivity index (χ0v) is 20.6. The summed E-state index contributed by atoms with van der Waals surface area (Å²) in [4.78, 5) is 0.224. The first-order chi connectivity index (χ1) is 18.0. The molecule has 0 aliphatic heterocycles. The number of benzene rings is 5. The normalized spacial score (nSPS) is 10.8. The first-order valence-electron chi connectivity index (χ1n) is 11.5. The number of nitrogens with two attached hydrogens (primary N) is 2. The van der Waals surface area contributed by atoms with E-state index in [1.165, 1.54) is 0 Å². The maximum absolute atomic E-state index is 12.3. The fourth-order valence-electron chi connectivity index (χ4n) is 4.02. The van der Waals surface area contributed by atoms with E-state index in [4.69, 9.17) is 20.9 Å². The minimum Gasteiger partial charge on any atom is -0.457 e. The molecule has 0 aromatic heterocycles. The van der Waals surface area contributed by atoms with E-state index in [0.29, 0.717) is 45.5 Å². The molecule has 0 amide bonds. The Morgan fingerprint density at radius 3 is 1.54 bits per heavy atom. The largest absolute Gasteiger partial charge is 0.457 e. The maximum Gasteiger partial charge on any atom is 0.168 e. The van der Waals surface area contributed by atoms with Gasteiger partial charge in [-0.3, -0.25) is 0 Å². The van der Waals surface area contributed by atoms with Crippen molar-refractivity contribution in [2.24, 2.45) is 0 Å². The summed E-state index contributed by atoms with van der Waals surface area (Å²) in [6, 6.07) is 34.3. The van der Waals surface area contributed by atoms with Crippen LogP contribution in [-0.4, -0.2) is 8.42 Å². The van der Waals surface area contributed by atoms with Crippen molar-refractivity contribution in [2.75, 3.05) is 11.5 Å². The lowest BCUT2D eigenvalue weighted by Gasteiger charge is -2.15. The van der Waals surface area contributed by atoms with Crippen LogP contribution < -0.4 is 20.9 Å². The van der Waals surface area contributed by atoms with E-state index in [-0.39, 0.29) is 4.90 Å². The molecule has 0 unspecified atom stereocenters. The lowest BCUT2D eigenvalue weighted by Crippen LogP contribution is -1.94. The van der Waals surface area contributed by atoms with Gasteiger partial charge in [-0.2, -0.15) is 0 Å². The Morgan fingerprint density at radius 1 is 0.514 bits per heavy atom. The van der Waals surface area contributed by atoms with Crippen molar-refractivity contribution in [1.82, 2.24) is 0 Å². The van der Waals surface area contributed by atoms with Gasteiger partial charge in [-0.05, 0) is 95.6 Å². The monoisotopic (exact) mass is 508 g/mol. The summed E-state index contributed by atoms with van der Waals surface area (Å²) in [7, 11) is -2.86. The van der Waals surface area contributed by atoms with Crippen LogP contribution in [0.25, 0.3) is 22.3 Å². The van der Waals surface area contributed by atoms with Gasteiger partial charge in [0.2, 0.25) is 0 Å². The molecule has 0 radical (unpaired) electrons. The summed E-state index contributed by atoms with van der Waals surface area (Å²) in [5, 5.41) is 0. The highest BCUT2D eigenvalue weighted by Gasteiger charge is 2.16. The third-order valence-corrected chi connectivity index (χ3v) is 6.50. The molecule has 0 aliphatic rings. The van der Waals surface area contributed by atoms with Crippen molar-refractivity contribution in [2.45, 2.75) is 4.90 Å². The molecule has 5 aromatic carbocycles. The SMILES string of the molecule is Nc1ccc(Oc2cccc(-c3cccc([SH](=O)=O)c3-c3cccc(Oc4ccc(N)cc4)c3)c2)cc1. The quantitative estimate of drug-likeness (QED) is 0.166. The molecular formula is C30H24N2O4S. The molecule has 37 heavy (non-hydrogen) atoms. The minimum atomic E-state index is -2.86. The number of ether oxygens (including phenoxy) is 2. The third kappa shape index (κ3) is 5.58. The molecule has 0 atom stereocenters. The Morgan fingerprint density at radius 2 is 1.00 bits per heavy atom. The lowest BCUT2D eigenvalue weighted by atomic mass is 9.94. The van der Waals surface area contributed by atoms with Crippen LogP contribution in [0.1, 0.15) is 0 Å². The van der Waals surface area contributed by atoms with Gasteiger partial charge in [0.05, 0.1) is 4.90 Å². The van der Waals surface area contributed by atoms with E-state index in [1.807, 2.05) is 54.6 Å². The third-order valence-electron chi connectivity index (χ3n) is 5.74. The topological polar surface area (TPSA) is 105 Å². The fourth-order valence-corrected chi connectivity index (χ4v) is 4.66. The summed E-state index contributed by atoms with van der Waals surface area (Å²) in [6.07, 6.45) is 0. The van der Waals surface area contributed by atoms with E-state index >= 15 is 0 Å². The van der Waals surface area contributed by atoms with Crippen molar-refractivity contribution in [3.05, 3.63) is 115 Å². The van der Waals surface area contributed by atoms with Gasteiger partial charge >= 0.3 is 0 Å². The zero-order valence-electron chi connectivity index (χ0n) is 19.7. The Balaban J connectivity index is 1.56. The lowest BCUT2D eigenvalue weighted by molar-refractivity contribution is 0.482. The summed E-state index contributed by atoms with van der Waals surface area (Å²) in [5.41, 5.74) is 15.7. The van der Waals surface area contributed by atoms with Crippen LogP contribution in [0.2, 0.25) is 0 Å². The molecule has 0 aliphatic carbocycles. The van der Waals surface area contributed by atoms with Crippen molar-refractivity contribution >= 4 is 22.1 Å². The second kappa shape index (κ2) is 10.5. The average Bonchev–Trinajstić information content (AvgIpc) is 2.91. The van der Waals surface area contributed by atoms with Crippen LogP contribution >= 0.6 is 0 Å². The highest BCUT2D eigenvalue weighted by molar-refractivity contribution is 7.72. The first-order valence-corrected chi connectivity index (χ1v) is 12.7. The molecule has 7 heteroatoms. The first kappa shape index (κ1) is 24.0. The van der Waals surface area contributed by atoms with Gasteiger partial charge in [0, 0.05) is 16.9 Å². The summed E-state index contributed by atoms with van der Waals surface area (Å²) in [5.74, 6) is 2.47. The Labute approximate surface area is 216 Å². The molecule has 0 spiro atoms. The van der Waals surface area contributed by atoms with Gasteiger partial charge < -0.3 is 20.9 Å². The second-order valence-electron chi connectivity index (χ2n) is 8.35. The summed E-state index contributed by atoms with van der Waals surface area (Å²) < 4.78 is 36.6. The number of hydrogen-bond donors (Lipinski definition) is 3. The van der Waals surface area contributed by atoms with Gasteiger partial charge in [-0.15, -0.1) is 0 Å². The standard InChI is InChI=1S/C30H24N2O4S/c31-22-10-14-24(15-11-22)35-26-6-1-4-20(18-26)28-8-3-9-29(37(33)34)30(28)21-5-2-7-27(19-21)36-25-16-12-23(32)13-17-25/h1-19,37H,31-32H2. The van der Waals surface area contributed by atoms with Crippen molar-refractivity contribution in [1.29, 1.82) is 0 Å². The van der Waals surface area contributed by atoms with Gasteiger partial charge in [0.1, 0.15) is 23.0 Å². The van der Waals surface area contributed by atoms with Crippen LogP contribution in [-0.2, 0) is 10.7 Å². The summed E-state index contributed by atoms with van der Waals surface area (Å²) >= 11 is 0. The van der Waals surface area contributed by atoms with Crippen LogP contribution in [0.3, 0.4) is 0 Å². The number of rotatable bonds is 7. The van der Waals surface area contributed by atoms with Gasteiger partial charge in [-0.1, -0.05) is 36.4 Å². The van der Waals surface area contributed by atoms with Crippen LogP contribution in [0, 0.1) is 0 Å². The predicted octanol–water partition coefficient (Wildman–Crippen LogP) is 6.74. The van der Waals surface area contributed by atoms with E-state index in [1.54, 1.807) is 60.7 Å². The molecule has 184 valence electrons. The molecule has 0 saturated carbocycles. The van der Waals surface area contributed by atoms with Crippen molar-refractivity contribution in [3.8, 4) is 45.3 Å². The average molecular weight is 509 g/mol. The van der Waals surface area contributed by atoms with E-state index in [0.717, 1.165) is 11.1 Å². The zero-order chi connectivity index (χ0) is 25.8. The molecule has 5 rings (SSSR count). The fraction of sp³-hybridized carbons (Fsp3) is 0. The highest BCUT2D eigenvalue weighted by atomic mass is 32.2. The molecule has 0 fully saturated rings. The number of anilines is 2. The molecule has 0 heterocycles. The Kier molecular flexibility index (Phi) is 6.78. The predicted molar refractivity (Wildman–Crippen MR) is 148 cm³/mol. The Hall–Kier alpha value is -4.75. The number of thiol groups is 1. The van der Waals surface area contributed by atoms with E-state index in [2.05, 4.69) is 0 Å². The van der Waals surface area contributed by atoms with Crippen LogP contribution in [0.15, 0.2) is 120 Å². The van der Waals surface area contributed by atoms with Gasteiger partial charge in [0.15, 0.2) is 10.7 Å². The molecule has 6 nitrogen and oxygen atoms in total. The molecular weight excluding hydrogens is 484 g/mol. The van der Waals surface area contributed by atoms with Gasteiger partial charge in [-0.25, -0.2) is 8.42 Å². The van der Waals surface area contributed by atoms with Crippen LogP contribution in [0.4, 0.5) is 11.4 Å². The van der Waals surface area contributed by atoms with Crippen LogP contribution in [0.5, 0.6) is 23.0 Å².